The Balaban J connectivity index is 1.33. The smallest absolute Gasteiger partial charge is 0.246 e. The van der Waals surface area contributed by atoms with E-state index < -0.39 is 10.0 Å². The molecule has 4 bridgehead atoms. The van der Waals surface area contributed by atoms with Gasteiger partial charge in [-0.25, -0.2) is 8.42 Å². The van der Waals surface area contributed by atoms with Crippen molar-refractivity contribution in [3.63, 3.8) is 0 Å². The van der Waals surface area contributed by atoms with Gasteiger partial charge >= 0.3 is 0 Å². The first-order valence-electron chi connectivity index (χ1n) is 11.5. The van der Waals surface area contributed by atoms with Crippen LogP contribution in [0.4, 0.5) is 0 Å². The Morgan fingerprint density at radius 2 is 1.57 bits per heavy atom. The fourth-order valence-corrected chi connectivity index (χ4v) is 9.17. The van der Waals surface area contributed by atoms with E-state index in [1.807, 2.05) is 4.90 Å². The van der Waals surface area contributed by atoms with E-state index in [2.05, 4.69) is 5.10 Å². The van der Waals surface area contributed by atoms with Crippen LogP contribution in [0.3, 0.4) is 0 Å². The number of carbonyl (C=O) groups excluding carboxylic acids is 1. The summed E-state index contributed by atoms with van der Waals surface area (Å²) < 4.78 is 29.9. The van der Waals surface area contributed by atoms with Crippen LogP contribution in [0.25, 0.3) is 0 Å². The minimum Gasteiger partial charge on any atom is -0.341 e. The summed E-state index contributed by atoms with van der Waals surface area (Å²) >= 11 is 0. The monoisotopic (exact) mass is 434 g/mol. The average molecular weight is 435 g/mol. The lowest BCUT2D eigenvalue weighted by molar-refractivity contribution is -0.157. The molecule has 166 valence electrons. The second kappa shape index (κ2) is 7.05. The number of amides is 1. The Bertz CT molecular complexity index is 932. The van der Waals surface area contributed by atoms with Gasteiger partial charge in [0.1, 0.15) is 4.90 Å². The largest absolute Gasteiger partial charge is 0.341 e. The van der Waals surface area contributed by atoms with Crippen LogP contribution in [0.5, 0.6) is 0 Å². The zero-order chi connectivity index (χ0) is 21.3. The summed E-state index contributed by atoms with van der Waals surface area (Å²) in [6, 6.07) is 0. The van der Waals surface area contributed by atoms with E-state index in [9.17, 15) is 13.2 Å². The van der Waals surface area contributed by atoms with Gasteiger partial charge in [-0.3, -0.25) is 9.48 Å². The van der Waals surface area contributed by atoms with Gasteiger partial charge < -0.3 is 4.90 Å². The molecule has 8 heteroatoms. The Hall–Kier alpha value is -1.41. The van der Waals surface area contributed by atoms with Gasteiger partial charge in [0, 0.05) is 33.2 Å². The molecule has 0 spiro atoms. The molecule has 4 aliphatic carbocycles. The van der Waals surface area contributed by atoms with Crippen LogP contribution < -0.4 is 0 Å². The molecule has 5 fully saturated rings. The number of aryl methyl sites for hydroxylation is 2. The fraction of sp³-hybridized carbons (Fsp3) is 0.818. The number of hydrogen-bond acceptors (Lipinski definition) is 4. The minimum atomic E-state index is -3.61. The van der Waals surface area contributed by atoms with Crippen LogP contribution in [0, 0.1) is 37.0 Å². The lowest BCUT2D eigenvalue weighted by Crippen LogP contribution is -2.55. The number of sulfonamides is 1. The summed E-state index contributed by atoms with van der Waals surface area (Å²) in [6.45, 7) is 5.54. The van der Waals surface area contributed by atoms with Crippen LogP contribution in [0.15, 0.2) is 4.90 Å². The van der Waals surface area contributed by atoms with Crippen LogP contribution >= 0.6 is 0 Å². The maximum absolute atomic E-state index is 13.7. The van der Waals surface area contributed by atoms with Crippen molar-refractivity contribution in [3.8, 4) is 0 Å². The summed E-state index contributed by atoms with van der Waals surface area (Å²) in [5.41, 5.74) is 1.05. The van der Waals surface area contributed by atoms with Crippen molar-refractivity contribution in [2.75, 3.05) is 26.2 Å². The normalized spacial score (nSPS) is 34.4. The van der Waals surface area contributed by atoms with Crippen LogP contribution in [-0.2, 0) is 21.9 Å². The fourth-order valence-electron chi connectivity index (χ4n) is 7.30. The third-order valence-corrected chi connectivity index (χ3v) is 10.4. The standard InChI is InChI=1S/C22H34N4O3S/c1-15-20(16(2)24(3)23-15)30(28,29)26-6-4-5-25(7-8-26)21(27)22-12-17-9-18(13-22)11-19(10-17)14-22/h17-19H,4-14H2,1-3H3. The summed E-state index contributed by atoms with van der Waals surface area (Å²) in [5.74, 6) is 2.52. The van der Waals surface area contributed by atoms with Gasteiger partial charge in [-0.15, -0.1) is 0 Å². The van der Waals surface area contributed by atoms with Gasteiger partial charge in [0.15, 0.2) is 0 Å². The van der Waals surface area contributed by atoms with Gasteiger partial charge in [0.2, 0.25) is 15.9 Å². The van der Waals surface area contributed by atoms with Crippen molar-refractivity contribution in [1.29, 1.82) is 0 Å². The van der Waals surface area contributed by atoms with Crippen molar-refractivity contribution >= 4 is 15.9 Å². The molecule has 0 N–H and O–H groups in total. The van der Waals surface area contributed by atoms with Crippen molar-refractivity contribution in [2.24, 2.45) is 30.2 Å². The second-order valence-corrected chi connectivity index (χ2v) is 12.2. The highest BCUT2D eigenvalue weighted by atomic mass is 32.2. The molecule has 0 radical (unpaired) electrons. The average Bonchev–Trinajstić information content (AvgIpc) is 2.85. The van der Waals surface area contributed by atoms with E-state index in [1.165, 1.54) is 19.3 Å². The van der Waals surface area contributed by atoms with Gasteiger partial charge in [0.05, 0.1) is 16.8 Å². The summed E-state index contributed by atoms with van der Waals surface area (Å²) in [5, 5.41) is 4.29. The summed E-state index contributed by atoms with van der Waals surface area (Å²) in [4.78, 5) is 16.0. The molecule has 6 rings (SSSR count). The first-order valence-corrected chi connectivity index (χ1v) is 12.9. The Morgan fingerprint density at radius 3 is 2.10 bits per heavy atom. The highest BCUT2D eigenvalue weighted by Gasteiger charge is 2.55. The molecule has 4 saturated carbocycles. The van der Waals surface area contributed by atoms with Crippen LogP contribution in [0.1, 0.15) is 56.3 Å². The van der Waals surface area contributed by atoms with E-state index in [0.717, 1.165) is 37.0 Å². The van der Waals surface area contributed by atoms with Crippen molar-refractivity contribution in [3.05, 3.63) is 11.4 Å². The first kappa shape index (κ1) is 20.5. The van der Waals surface area contributed by atoms with Gasteiger partial charge in [-0.2, -0.15) is 9.40 Å². The predicted molar refractivity (Wildman–Crippen MR) is 113 cm³/mol. The van der Waals surface area contributed by atoms with Crippen molar-refractivity contribution in [2.45, 2.75) is 63.7 Å². The molecule has 0 unspecified atom stereocenters. The Kier molecular flexibility index (Phi) is 4.82. The van der Waals surface area contributed by atoms with E-state index >= 15 is 0 Å². The number of hydrogen-bond donors (Lipinski definition) is 0. The molecule has 2 heterocycles. The third kappa shape index (κ3) is 3.13. The minimum absolute atomic E-state index is 0.153. The molecule has 5 aliphatic rings. The molecule has 0 atom stereocenters. The van der Waals surface area contributed by atoms with E-state index in [1.54, 1.807) is 29.9 Å². The molecule has 30 heavy (non-hydrogen) atoms. The second-order valence-electron chi connectivity index (χ2n) is 10.4. The zero-order valence-corrected chi connectivity index (χ0v) is 19.2. The van der Waals surface area contributed by atoms with Crippen molar-refractivity contribution in [1.82, 2.24) is 19.0 Å². The highest BCUT2D eigenvalue weighted by molar-refractivity contribution is 7.89. The molecule has 7 nitrogen and oxygen atoms in total. The summed E-state index contributed by atoms with van der Waals surface area (Å²) in [6.07, 6.45) is 7.84. The number of nitrogens with zero attached hydrogens (tertiary/aromatic N) is 4. The lowest BCUT2D eigenvalue weighted by Gasteiger charge is -2.56. The maximum Gasteiger partial charge on any atom is 0.246 e. The quantitative estimate of drug-likeness (QED) is 0.732. The number of carbonyl (C=O) groups is 1. The van der Waals surface area contributed by atoms with Gasteiger partial charge in [0.25, 0.3) is 0 Å². The number of aromatic nitrogens is 2. The highest BCUT2D eigenvalue weighted by Crippen LogP contribution is 2.60. The first-order chi connectivity index (χ1) is 14.2. The Morgan fingerprint density at radius 1 is 0.967 bits per heavy atom. The third-order valence-electron chi connectivity index (χ3n) is 8.27. The molecule has 1 aromatic heterocycles. The van der Waals surface area contributed by atoms with Gasteiger partial charge in [-0.05, 0) is 76.5 Å². The van der Waals surface area contributed by atoms with Gasteiger partial charge in [-0.1, -0.05) is 0 Å². The molecule has 1 amide bonds. The molecule has 1 saturated heterocycles. The van der Waals surface area contributed by atoms with E-state index in [0.29, 0.717) is 54.8 Å². The van der Waals surface area contributed by atoms with Crippen molar-refractivity contribution < 1.29 is 13.2 Å². The number of rotatable bonds is 3. The predicted octanol–water partition coefficient (Wildman–Crippen LogP) is 2.48. The molecule has 1 aromatic rings. The van der Waals surface area contributed by atoms with Crippen LogP contribution in [-0.4, -0.2) is 59.5 Å². The molecule has 0 aromatic carbocycles. The summed E-state index contributed by atoms with van der Waals surface area (Å²) in [7, 11) is -1.83. The van der Waals surface area contributed by atoms with E-state index in [-0.39, 0.29) is 5.41 Å². The SMILES string of the molecule is Cc1nn(C)c(C)c1S(=O)(=O)N1CCCN(C(=O)C23CC4CC(CC(C4)C2)C3)CC1. The zero-order valence-electron chi connectivity index (χ0n) is 18.4. The lowest BCUT2D eigenvalue weighted by atomic mass is 9.49. The topological polar surface area (TPSA) is 75.5 Å². The maximum atomic E-state index is 13.7. The molecule has 1 aliphatic heterocycles. The Labute approximate surface area is 179 Å². The molecular formula is C22H34N4O3S. The van der Waals surface area contributed by atoms with E-state index in [4.69, 9.17) is 0 Å². The van der Waals surface area contributed by atoms with Crippen LogP contribution in [0.2, 0.25) is 0 Å². The molecular weight excluding hydrogens is 400 g/mol.